The lowest BCUT2D eigenvalue weighted by atomic mass is 9.78. The van der Waals surface area contributed by atoms with Gasteiger partial charge in [-0.05, 0) is 55.3 Å². The first kappa shape index (κ1) is 25.5. The molecular formula is C30H32N8O3. The van der Waals surface area contributed by atoms with Crippen molar-refractivity contribution in [2.75, 3.05) is 37.0 Å². The molecule has 1 N–H and O–H groups in total. The smallest absolute Gasteiger partial charge is 0.278 e. The van der Waals surface area contributed by atoms with Crippen molar-refractivity contribution in [3.63, 3.8) is 0 Å². The summed E-state index contributed by atoms with van der Waals surface area (Å²) in [7, 11) is 2.14. The zero-order valence-corrected chi connectivity index (χ0v) is 23.4. The highest BCUT2D eigenvalue weighted by Gasteiger charge is 2.31. The number of hydrogen-bond donors (Lipinski definition) is 1. The Labute approximate surface area is 237 Å². The zero-order valence-electron chi connectivity index (χ0n) is 23.4. The minimum atomic E-state index is -0.212. The Bertz CT molecular complexity index is 1790. The molecule has 210 valence electrons. The molecule has 0 unspecified atom stereocenters. The van der Waals surface area contributed by atoms with E-state index in [1.54, 1.807) is 32.6 Å². The molecule has 0 aliphatic carbocycles. The normalized spacial score (nSPS) is 18.2. The molecule has 7 rings (SSSR count). The summed E-state index contributed by atoms with van der Waals surface area (Å²) in [5.41, 5.74) is 3.78. The van der Waals surface area contributed by atoms with Crippen molar-refractivity contribution in [3.8, 4) is 11.6 Å². The Morgan fingerprint density at radius 3 is 2.83 bits per heavy atom. The number of hydrogen-bond acceptors (Lipinski definition) is 8. The third kappa shape index (κ3) is 4.37. The first-order valence-corrected chi connectivity index (χ1v) is 14.0. The molecule has 3 aromatic heterocycles. The SMILES string of the molecule is CN1Cc2cc(Nc3ncc4c(=O)n5n(c4n3)-c3ccc4c(n3)N(CCCC=CC5)C(=O)CO4)ccc2C(C)(C)C1. The van der Waals surface area contributed by atoms with E-state index in [4.69, 9.17) is 14.7 Å². The first-order chi connectivity index (χ1) is 19.8. The number of nitrogens with one attached hydrogen (secondary N) is 1. The summed E-state index contributed by atoms with van der Waals surface area (Å²) in [5.74, 6) is 1.72. The van der Waals surface area contributed by atoms with Crippen LogP contribution in [-0.2, 0) is 23.3 Å². The number of benzene rings is 1. The second-order valence-electron chi connectivity index (χ2n) is 11.6. The van der Waals surface area contributed by atoms with E-state index >= 15 is 0 Å². The molecule has 3 aliphatic heterocycles. The summed E-state index contributed by atoms with van der Waals surface area (Å²) in [6, 6.07) is 9.97. The molecule has 0 radical (unpaired) electrons. The van der Waals surface area contributed by atoms with Crippen molar-refractivity contribution in [1.29, 1.82) is 0 Å². The number of amides is 1. The Morgan fingerprint density at radius 1 is 1.07 bits per heavy atom. The molecule has 4 aromatic rings. The fraction of sp³-hybridized carbons (Fsp3) is 0.367. The lowest BCUT2D eigenvalue weighted by molar-refractivity contribution is -0.121. The maximum absolute atomic E-state index is 13.5. The van der Waals surface area contributed by atoms with Gasteiger partial charge < -0.3 is 15.0 Å². The van der Waals surface area contributed by atoms with Gasteiger partial charge in [-0.3, -0.25) is 14.5 Å². The number of anilines is 3. The van der Waals surface area contributed by atoms with Gasteiger partial charge in [-0.1, -0.05) is 32.1 Å². The van der Waals surface area contributed by atoms with E-state index in [0.717, 1.165) is 31.6 Å². The van der Waals surface area contributed by atoms with Gasteiger partial charge in [-0.2, -0.15) is 4.98 Å². The quantitative estimate of drug-likeness (QED) is 0.376. The molecule has 1 aromatic carbocycles. The van der Waals surface area contributed by atoms with Crippen LogP contribution in [0.15, 0.2) is 53.5 Å². The molecule has 41 heavy (non-hydrogen) atoms. The van der Waals surface area contributed by atoms with Gasteiger partial charge in [-0.25, -0.2) is 19.3 Å². The van der Waals surface area contributed by atoms with Crippen LogP contribution in [0, 0.1) is 0 Å². The summed E-state index contributed by atoms with van der Waals surface area (Å²) in [5, 5.41) is 3.73. The third-order valence-electron chi connectivity index (χ3n) is 8.02. The molecule has 1 amide bonds. The van der Waals surface area contributed by atoms with E-state index in [0.29, 0.717) is 47.5 Å². The van der Waals surface area contributed by atoms with Crippen LogP contribution in [0.2, 0.25) is 0 Å². The molecule has 0 atom stereocenters. The van der Waals surface area contributed by atoms with Crippen molar-refractivity contribution in [3.05, 3.63) is 70.2 Å². The molecule has 0 saturated carbocycles. The van der Waals surface area contributed by atoms with E-state index in [2.05, 4.69) is 54.3 Å². The van der Waals surface area contributed by atoms with Gasteiger partial charge in [0.15, 0.2) is 29.6 Å². The van der Waals surface area contributed by atoms with Crippen molar-refractivity contribution in [2.45, 2.75) is 45.2 Å². The van der Waals surface area contributed by atoms with Gasteiger partial charge in [0.1, 0.15) is 5.39 Å². The summed E-state index contributed by atoms with van der Waals surface area (Å²) in [6.07, 6.45) is 7.12. The topological polar surface area (TPSA) is 110 Å². The van der Waals surface area contributed by atoms with Gasteiger partial charge in [0.2, 0.25) is 5.95 Å². The van der Waals surface area contributed by atoms with Gasteiger partial charge >= 0.3 is 0 Å². The largest absolute Gasteiger partial charge is 0.480 e. The van der Waals surface area contributed by atoms with E-state index in [1.165, 1.54) is 11.1 Å². The predicted molar refractivity (Wildman–Crippen MR) is 156 cm³/mol. The Balaban J connectivity index is 1.34. The lowest BCUT2D eigenvalue weighted by Crippen LogP contribution is -2.40. The van der Waals surface area contributed by atoms with Crippen molar-refractivity contribution in [1.82, 2.24) is 29.2 Å². The number of fused-ring (bicyclic) bond motifs is 6. The number of allylic oxidation sites excluding steroid dienone is 2. The fourth-order valence-corrected chi connectivity index (χ4v) is 6.26. The van der Waals surface area contributed by atoms with Crippen molar-refractivity contribution < 1.29 is 9.53 Å². The molecule has 2 bridgehead atoms. The van der Waals surface area contributed by atoms with Crippen LogP contribution in [0.1, 0.15) is 37.8 Å². The number of ether oxygens (including phenoxy) is 1. The van der Waals surface area contributed by atoms with Crippen LogP contribution in [0.5, 0.6) is 5.75 Å². The first-order valence-electron chi connectivity index (χ1n) is 14.0. The van der Waals surface area contributed by atoms with Crippen molar-refractivity contribution >= 4 is 34.4 Å². The van der Waals surface area contributed by atoms with Crippen LogP contribution in [0.25, 0.3) is 16.9 Å². The highest BCUT2D eigenvalue weighted by Crippen LogP contribution is 2.35. The average molecular weight is 553 g/mol. The fourth-order valence-electron chi connectivity index (χ4n) is 6.26. The van der Waals surface area contributed by atoms with E-state index < -0.39 is 0 Å². The minimum Gasteiger partial charge on any atom is -0.480 e. The van der Waals surface area contributed by atoms with Crippen LogP contribution in [0.4, 0.5) is 17.5 Å². The average Bonchev–Trinajstić information content (AvgIpc) is 3.20. The number of rotatable bonds is 2. The third-order valence-corrected chi connectivity index (χ3v) is 8.02. The molecule has 3 aliphatic rings. The maximum Gasteiger partial charge on any atom is 0.278 e. The number of likely N-dealkylation sites (N-methyl/N-ethyl adjacent to an activating group) is 1. The standard InChI is InChI=1S/C30H32N8O3/c1-30(2)18-35(3)16-19-14-20(8-9-22(19)30)32-29-31-15-21-26(34-29)38-24-11-10-23-27(33-24)36(25(39)17-41-23)12-6-4-5-7-13-37(38)28(21)40/h5,7-11,14-15H,4,6,12-13,16-18H2,1-3H3,(H,31,32,34). The van der Waals surface area contributed by atoms with E-state index in [9.17, 15) is 9.59 Å². The van der Waals surface area contributed by atoms with Gasteiger partial charge in [0.25, 0.3) is 11.5 Å². The molecule has 11 nitrogen and oxygen atoms in total. The van der Waals surface area contributed by atoms with Crippen LogP contribution < -0.4 is 20.5 Å². The van der Waals surface area contributed by atoms with Crippen molar-refractivity contribution in [2.24, 2.45) is 0 Å². The van der Waals surface area contributed by atoms with Crippen LogP contribution in [0.3, 0.4) is 0 Å². The van der Waals surface area contributed by atoms with Gasteiger partial charge in [0, 0.05) is 36.9 Å². The lowest BCUT2D eigenvalue weighted by Gasteiger charge is -2.38. The number of nitrogens with zero attached hydrogens (tertiary/aromatic N) is 7. The van der Waals surface area contributed by atoms with E-state index in [1.807, 2.05) is 12.2 Å². The summed E-state index contributed by atoms with van der Waals surface area (Å²) in [4.78, 5) is 44.4. The highest BCUT2D eigenvalue weighted by molar-refractivity contribution is 5.96. The molecule has 0 saturated heterocycles. The van der Waals surface area contributed by atoms with E-state index in [-0.39, 0.29) is 23.5 Å². The predicted octanol–water partition coefficient (Wildman–Crippen LogP) is 3.52. The summed E-state index contributed by atoms with van der Waals surface area (Å²) >= 11 is 0. The summed E-state index contributed by atoms with van der Waals surface area (Å²) < 4.78 is 8.97. The zero-order chi connectivity index (χ0) is 28.3. The monoisotopic (exact) mass is 552 g/mol. The Morgan fingerprint density at radius 2 is 1.95 bits per heavy atom. The number of pyridine rings is 1. The van der Waals surface area contributed by atoms with Gasteiger partial charge in [0.05, 0.1) is 6.54 Å². The maximum atomic E-state index is 13.5. The van der Waals surface area contributed by atoms with Gasteiger partial charge in [-0.15, -0.1) is 0 Å². The molecular weight excluding hydrogens is 520 g/mol. The minimum absolute atomic E-state index is 0.0141. The van der Waals surface area contributed by atoms with Crippen LogP contribution in [-0.4, -0.2) is 61.9 Å². The highest BCUT2D eigenvalue weighted by atomic mass is 16.5. The molecule has 0 fully saturated rings. The Kier molecular flexibility index (Phi) is 5.93. The van der Waals surface area contributed by atoms with Crippen LogP contribution >= 0.6 is 0 Å². The second-order valence-corrected chi connectivity index (χ2v) is 11.6. The number of carbonyl (C=O) groups excluding carboxylic acids is 1. The summed E-state index contributed by atoms with van der Waals surface area (Å²) in [6.45, 7) is 7.29. The molecule has 11 heteroatoms. The second kappa shape index (κ2) is 9.55. The number of aromatic nitrogens is 5. The number of carbonyl (C=O) groups is 1. The molecule has 0 spiro atoms. The molecule has 6 heterocycles. The Hall–Kier alpha value is -4.51.